The third-order valence-corrected chi connectivity index (χ3v) is 4.25. The van der Waals surface area contributed by atoms with Crippen LogP contribution in [0.25, 0.3) is 0 Å². The fraction of sp³-hybridized carbons (Fsp3) is 0.211. The number of nitrogens with two attached hydrogens (primary N) is 1. The number of pyridine rings is 1. The van der Waals surface area contributed by atoms with Crippen molar-refractivity contribution in [1.82, 2.24) is 20.1 Å². The first-order valence-corrected chi connectivity index (χ1v) is 8.70. The van der Waals surface area contributed by atoms with Crippen molar-refractivity contribution in [2.45, 2.75) is 25.9 Å². The van der Waals surface area contributed by atoms with E-state index in [0.717, 1.165) is 0 Å². The summed E-state index contributed by atoms with van der Waals surface area (Å²) in [7, 11) is 0. The van der Waals surface area contributed by atoms with Gasteiger partial charge in [-0.1, -0.05) is 0 Å². The molecule has 0 aliphatic rings. The van der Waals surface area contributed by atoms with Gasteiger partial charge in [0.1, 0.15) is 17.0 Å². The Balaban J connectivity index is 1.64. The van der Waals surface area contributed by atoms with E-state index in [1.807, 2.05) is 0 Å². The van der Waals surface area contributed by atoms with Gasteiger partial charge >= 0.3 is 0 Å². The van der Waals surface area contributed by atoms with Crippen LogP contribution in [0.4, 0.5) is 5.69 Å². The molecular weight excluding hydrogens is 376 g/mol. The van der Waals surface area contributed by atoms with Gasteiger partial charge in [0.2, 0.25) is 5.91 Å². The molecule has 29 heavy (non-hydrogen) atoms. The Morgan fingerprint density at radius 1 is 1.21 bits per heavy atom. The predicted molar refractivity (Wildman–Crippen MR) is 103 cm³/mol. The fourth-order valence-corrected chi connectivity index (χ4v) is 2.47. The van der Waals surface area contributed by atoms with Crippen LogP contribution in [0.15, 0.2) is 53.5 Å². The number of carbonyl (C=O) groups excluding carboxylic acids is 3. The van der Waals surface area contributed by atoms with E-state index < -0.39 is 17.4 Å². The maximum Gasteiger partial charge on any atom is 0.267 e. The third-order valence-electron chi connectivity index (χ3n) is 4.25. The van der Waals surface area contributed by atoms with Gasteiger partial charge in [0, 0.05) is 12.4 Å². The van der Waals surface area contributed by atoms with Gasteiger partial charge in [0.15, 0.2) is 0 Å². The highest BCUT2D eigenvalue weighted by atomic mass is 16.3. The average Bonchev–Trinajstić information content (AvgIpc) is 3.38. The van der Waals surface area contributed by atoms with Crippen LogP contribution in [-0.4, -0.2) is 32.5 Å². The van der Waals surface area contributed by atoms with Crippen LogP contribution < -0.4 is 16.4 Å². The summed E-state index contributed by atoms with van der Waals surface area (Å²) in [5.74, 6) is -0.737. The van der Waals surface area contributed by atoms with E-state index in [0.29, 0.717) is 11.4 Å². The van der Waals surface area contributed by atoms with Gasteiger partial charge in [-0.25, -0.2) is 0 Å². The number of hydrogen-bond donors (Lipinski definition) is 3. The number of rotatable bonds is 7. The molecule has 0 radical (unpaired) electrons. The van der Waals surface area contributed by atoms with Crippen molar-refractivity contribution in [3.05, 3.63) is 66.1 Å². The molecule has 0 spiro atoms. The van der Waals surface area contributed by atoms with Gasteiger partial charge in [-0.2, -0.15) is 5.10 Å². The summed E-state index contributed by atoms with van der Waals surface area (Å²) < 4.78 is 6.65. The quantitative estimate of drug-likeness (QED) is 0.548. The Hall–Kier alpha value is -3.95. The lowest BCUT2D eigenvalue weighted by Gasteiger charge is -2.23. The summed E-state index contributed by atoms with van der Waals surface area (Å²) in [5, 5.41) is 9.63. The summed E-state index contributed by atoms with van der Waals surface area (Å²) in [6, 6.07) is 6.32. The molecule has 3 aromatic heterocycles. The summed E-state index contributed by atoms with van der Waals surface area (Å²) in [5.41, 5.74) is 4.85. The second kappa shape index (κ2) is 7.97. The van der Waals surface area contributed by atoms with Gasteiger partial charge in [-0.3, -0.25) is 24.0 Å². The van der Waals surface area contributed by atoms with Crippen molar-refractivity contribution in [2.75, 3.05) is 5.32 Å². The molecule has 150 valence electrons. The second-order valence-electron chi connectivity index (χ2n) is 6.75. The molecule has 0 saturated carbocycles. The third kappa shape index (κ3) is 4.49. The average molecular weight is 396 g/mol. The first-order valence-electron chi connectivity index (χ1n) is 8.70. The molecule has 0 aliphatic carbocycles. The van der Waals surface area contributed by atoms with Crippen molar-refractivity contribution >= 4 is 23.4 Å². The Morgan fingerprint density at radius 3 is 2.62 bits per heavy atom. The number of nitrogens with zero attached hydrogens (tertiary/aromatic N) is 3. The van der Waals surface area contributed by atoms with E-state index >= 15 is 0 Å². The van der Waals surface area contributed by atoms with E-state index in [2.05, 4.69) is 20.7 Å². The van der Waals surface area contributed by atoms with E-state index in [4.69, 9.17) is 10.2 Å². The molecule has 0 atom stereocenters. The largest absolute Gasteiger partial charge is 0.467 e. The molecule has 0 aromatic carbocycles. The van der Waals surface area contributed by atoms with Crippen molar-refractivity contribution < 1.29 is 18.8 Å². The molecule has 3 amide bonds. The summed E-state index contributed by atoms with van der Waals surface area (Å²) in [4.78, 5) is 39.8. The topological polar surface area (TPSA) is 145 Å². The highest BCUT2D eigenvalue weighted by Gasteiger charge is 2.30. The van der Waals surface area contributed by atoms with Crippen LogP contribution in [-0.2, 0) is 16.9 Å². The minimum atomic E-state index is -1.000. The van der Waals surface area contributed by atoms with Crippen LogP contribution >= 0.6 is 0 Å². The molecule has 0 bridgehead atoms. The molecule has 3 aromatic rings. The van der Waals surface area contributed by atoms with Crippen molar-refractivity contribution in [3.8, 4) is 0 Å². The number of nitrogens with one attached hydrogen (secondary N) is 2. The molecule has 0 unspecified atom stereocenters. The smallest absolute Gasteiger partial charge is 0.267 e. The van der Waals surface area contributed by atoms with E-state index in [-0.39, 0.29) is 23.7 Å². The molecule has 4 N–H and O–H groups in total. The number of primary amides is 1. The minimum Gasteiger partial charge on any atom is -0.467 e. The number of furan rings is 1. The van der Waals surface area contributed by atoms with E-state index in [1.54, 1.807) is 32.2 Å². The first-order chi connectivity index (χ1) is 13.8. The van der Waals surface area contributed by atoms with Crippen LogP contribution in [0, 0.1) is 0 Å². The zero-order valence-electron chi connectivity index (χ0n) is 15.9. The zero-order chi connectivity index (χ0) is 21.0. The molecule has 0 fully saturated rings. The number of hydrogen-bond acceptors (Lipinski definition) is 6. The molecule has 10 heteroatoms. The molecular formula is C19H20N6O4. The Bertz CT molecular complexity index is 1020. The summed E-state index contributed by atoms with van der Waals surface area (Å²) >= 11 is 0. The normalized spacial score (nSPS) is 11.1. The zero-order valence-corrected chi connectivity index (χ0v) is 15.9. The number of amides is 3. The number of carbonyl (C=O) groups is 3. The van der Waals surface area contributed by atoms with Crippen LogP contribution in [0.1, 0.15) is 40.5 Å². The second-order valence-corrected chi connectivity index (χ2v) is 6.75. The number of anilines is 1. The van der Waals surface area contributed by atoms with Crippen LogP contribution in [0.5, 0.6) is 0 Å². The van der Waals surface area contributed by atoms with Gasteiger partial charge in [-0.05, 0) is 38.1 Å². The monoisotopic (exact) mass is 396 g/mol. The highest BCUT2D eigenvalue weighted by molar-refractivity contribution is 6.04. The molecule has 10 nitrogen and oxygen atoms in total. The lowest BCUT2D eigenvalue weighted by molar-refractivity contribution is -0.129. The standard InChI is InChI=1S/C19H20N6O4/c1-19(2,18(28)22-10-14-4-3-7-29-14)25-11-13(9-23-25)24-17(27)12-5-6-15(16(20)26)21-8-12/h3-9,11H,10H2,1-2H3,(H2,20,26)(H,22,28)(H,24,27). The van der Waals surface area contributed by atoms with E-state index in [1.165, 1.54) is 35.5 Å². The first kappa shape index (κ1) is 19.8. The Labute approximate surface area is 166 Å². The summed E-state index contributed by atoms with van der Waals surface area (Å²) in [6.07, 6.45) is 5.78. The molecule has 3 rings (SSSR count). The van der Waals surface area contributed by atoms with Gasteiger partial charge in [0.25, 0.3) is 11.8 Å². The van der Waals surface area contributed by atoms with Crippen molar-refractivity contribution in [2.24, 2.45) is 5.73 Å². The SMILES string of the molecule is CC(C)(C(=O)NCc1ccco1)n1cc(NC(=O)c2ccc(C(N)=O)nc2)cn1. The van der Waals surface area contributed by atoms with Crippen LogP contribution in [0.3, 0.4) is 0 Å². The lowest BCUT2D eigenvalue weighted by Crippen LogP contribution is -2.44. The van der Waals surface area contributed by atoms with Gasteiger partial charge in [0.05, 0.1) is 30.3 Å². The molecule has 3 heterocycles. The highest BCUT2D eigenvalue weighted by Crippen LogP contribution is 2.18. The lowest BCUT2D eigenvalue weighted by atomic mass is 10.1. The minimum absolute atomic E-state index is 0.0664. The molecule has 0 aliphatic heterocycles. The van der Waals surface area contributed by atoms with Crippen LogP contribution in [0.2, 0.25) is 0 Å². The van der Waals surface area contributed by atoms with Gasteiger partial charge < -0.3 is 20.8 Å². The van der Waals surface area contributed by atoms with Crippen molar-refractivity contribution in [1.29, 1.82) is 0 Å². The fourth-order valence-electron chi connectivity index (χ4n) is 2.47. The molecule has 0 saturated heterocycles. The Morgan fingerprint density at radius 2 is 2.00 bits per heavy atom. The maximum absolute atomic E-state index is 12.6. The number of aromatic nitrogens is 3. The Kier molecular flexibility index (Phi) is 5.44. The van der Waals surface area contributed by atoms with Gasteiger partial charge in [-0.15, -0.1) is 0 Å². The summed E-state index contributed by atoms with van der Waals surface area (Å²) in [6.45, 7) is 3.67. The predicted octanol–water partition coefficient (Wildman–Crippen LogP) is 1.27. The maximum atomic E-state index is 12.6. The van der Waals surface area contributed by atoms with Crippen molar-refractivity contribution in [3.63, 3.8) is 0 Å². The van der Waals surface area contributed by atoms with E-state index in [9.17, 15) is 14.4 Å².